The van der Waals surface area contributed by atoms with Crippen molar-refractivity contribution in [2.75, 3.05) is 13.2 Å². The van der Waals surface area contributed by atoms with E-state index < -0.39 is 20.0 Å². The number of ether oxygens (including phenoxy) is 4. The molecule has 0 fully saturated rings. The van der Waals surface area contributed by atoms with Crippen LogP contribution in [0.3, 0.4) is 0 Å². The van der Waals surface area contributed by atoms with Crippen LogP contribution >= 0.6 is 8.38 Å². The fourth-order valence-corrected chi connectivity index (χ4v) is 9.01. The topological polar surface area (TPSA) is 55.4 Å². The molecule has 1 aliphatic carbocycles. The maximum Gasteiger partial charge on any atom is 0.324 e. The van der Waals surface area contributed by atoms with Gasteiger partial charge in [-0.3, -0.25) is 0 Å². The van der Waals surface area contributed by atoms with E-state index in [0.717, 1.165) is 62.2 Å². The Balaban J connectivity index is 1.58. The molecule has 0 radical (unpaired) electrons. The molecule has 3 aromatic rings. The highest BCUT2D eigenvalue weighted by molar-refractivity contribution is 7.49. The SMILES string of the molecule is CCC(C)c1ccccc1OC(COC1C=CCCC1C(C)CC)OC(C)C(CC)COC(C)(C)P(Oc1ccccc1C(C)CC)Oc1ccccc1C(C)CC. The van der Waals surface area contributed by atoms with Gasteiger partial charge in [0.25, 0.3) is 0 Å². The minimum Gasteiger partial charge on any atom is -0.462 e. The highest BCUT2D eigenvalue weighted by Crippen LogP contribution is 2.54. The first-order chi connectivity index (χ1) is 27.9. The van der Waals surface area contributed by atoms with Crippen molar-refractivity contribution in [3.05, 3.63) is 102 Å². The molecule has 1 aliphatic rings. The first-order valence-corrected chi connectivity index (χ1v) is 23.7. The van der Waals surface area contributed by atoms with Crippen LogP contribution in [-0.2, 0) is 14.2 Å². The molecule has 9 atom stereocenters. The van der Waals surface area contributed by atoms with Gasteiger partial charge in [0.1, 0.15) is 23.9 Å². The molecule has 0 N–H and O–H groups in total. The zero-order chi connectivity index (χ0) is 42.2. The minimum atomic E-state index is -1.60. The van der Waals surface area contributed by atoms with E-state index in [-0.39, 0.29) is 18.1 Å². The van der Waals surface area contributed by atoms with Gasteiger partial charge in [0, 0.05) is 5.92 Å². The lowest BCUT2D eigenvalue weighted by Gasteiger charge is -2.36. The zero-order valence-corrected chi connectivity index (χ0v) is 38.9. The number of hydrogen-bond donors (Lipinski definition) is 0. The number of para-hydroxylation sites is 3. The van der Waals surface area contributed by atoms with Crippen LogP contribution in [-0.4, -0.2) is 37.1 Å². The van der Waals surface area contributed by atoms with E-state index in [4.69, 9.17) is 28.0 Å². The zero-order valence-electron chi connectivity index (χ0n) is 38.0. The predicted octanol–water partition coefficient (Wildman–Crippen LogP) is 15.0. The van der Waals surface area contributed by atoms with Gasteiger partial charge in [0.15, 0.2) is 5.34 Å². The maximum absolute atomic E-state index is 6.97. The summed E-state index contributed by atoms with van der Waals surface area (Å²) in [5.41, 5.74) is 3.56. The smallest absolute Gasteiger partial charge is 0.324 e. The van der Waals surface area contributed by atoms with Gasteiger partial charge in [-0.05, 0) is 124 Å². The molecule has 58 heavy (non-hydrogen) atoms. The van der Waals surface area contributed by atoms with Crippen LogP contribution in [0, 0.1) is 17.8 Å². The third-order valence-corrected chi connectivity index (χ3v) is 14.4. The monoisotopic (exact) mass is 817 g/mol. The fraction of sp³-hybridized carbons (Fsp3) is 0.608. The van der Waals surface area contributed by atoms with Crippen molar-refractivity contribution in [3.8, 4) is 17.2 Å². The molecule has 0 aliphatic heterocycles. The van der Waals surface area contributed by atoms with E-state index in [0.29, 0.717) is 42.8 Å². The molecule has 4 rings (SSSR count). The standard InChI is InChI=1S/C51H77O6P/c1-13-36(6)42-26-18-22-30-46(42)52-35-50(55-47-31-23-19-27-43(47)37(7)14-2)54-40(10)41(17-5)34-53-51(11,12)58(56-48-32-24-20-28-44(48)38(8)15-3)57-49-33-25-21-29-45(49)39(9)16-4/h19-25,27-33,36-42,46,50H,13-18,26,34-35H2,1-12H3. The number of benzene rings is 3. The number of allylic oxidation sites excluding steroid dienone is 1. The van der Waals surface area contributed by atoms with Crippen molar-refractivity contribution in [3.63, 3.8) is 0 Å². The van der Waals surface area contributed by atoms with Gasteiger partial charge in [-0.2, -0.15) is 0 Å². The molecule has 0 amide bonds. The summed E-state index contributed by atoms with van der Waals surface area (Å²) in [7, 11) is -1.60. The quantitative estimate of drug-likeness (QED) is 0.0482. The highest BCUT2D eigenvalue weighted by atomic mass is 31.2. The van der Waals surface area contributed by atoms with Crippen LogP contribution < -0.4 is 13.8 Å². The summed E-state index contributed by atoms with van der Waals surface area (Å²) in [5.74, 6) is 4.75. The Bertz CT molecular complexity index is 1600. The van der Waals surface area contributed by atoms with Crippen molar-refractivity contribution in [2.24, 2.45) is 17.8 Å². The van der Waals surface area contributed by atoms with E-state index >= 15 is 0 Å². The second-order valence-electron chi connectivity index (χ2n) is 17.1. The molecule has 3 aromatic carbocycles. The van der Waals surface area contributed by atoms with Crippen LogP contribution in [0.15, 0.2) is 84.9 Å². The lowest BCUT2D eigenvalue weighted by Crippen LogP contribution is -2.39. The summed E-state index contributed by atoms with van der Waals surface area (Å²) >= 11 is 0. The van der Waals surface area contributed by atoms with Crippen molar-refractivity contribution < 1.29 is 28.0 Å². The molecular formula is C51H77O6P. The lowest BCUT2D eigenvalue weighted by atomic mass is 9.80. The second kappa shape index (κ2) is 23.8. The van der Waals surface area contributed by atoms with Crippen molar-refractivity contribution >= 4 is 8.38 Å². The predicted molar refractivity (Wildman–Crippen MR) is 243 cm³/mol. The molecule has 0 bridgehead atoms. The Morgan fingerprint density at radius 1 is 0.638 bits per heavy atom. The molecule has 322 valence electrons. The van der Waals surface area contributed by atoms with Crippen molar-refractivity contribution in [2.45, 2.75) is 170 Å². The van der Waals surface area contributed by atoms with Crippen LogP contribution in [0.25, 0.3) is 0 Å². The van der Waals surface area contributed by atoms with Gasteiger partial charge in [-0.1, -0.05) is 135 Å². The molecule has 0 spiro atoms. The largest absolute Gasteiger partial charge is 0.462 e. The molecular weight excluding hydrogens is 740 g/mol. The van der Waals surface area contributed by atoms with E-state index in [1.54, 1.807) is 0 Å². The Morgan fingerprint density at radius 2 is 1.14 bits per heavy atom. The molecule has 9 unspecified atom stereocenters. The van der Waals surface area contributed by atoms with E-state index in [2.05, 4.69) is 150 Å². The van der Waals surface area contributed by atoms with Crippen LogP contribution in [0.1, 0.15) is 162 Å². The Labute approximate surface area is 354 Å². The van der Waals surface area contributed by atoms with Crippen LogP contribution in [0.5, 0.6) is 17.2 Å². The summed E-state index contributed by atoms with van der Waals surface area (Å²) in [5, 5.41) is -0.764. The number of hydrogen-bond acceptors (Lipinski definition) is 6. The molecule has 0 heterocycles. The highest BCUT2D eigenvalue weighted by Gasteiger charge is 2.40. The van der Waals surface area contributed by atoms with Gasteiger partial charge in [0.2, 0.25) is 6.29 Å². The first-order valence-electron chi connectivity index (χ1n) is 22.5. The lowest BCUT2D eigenvalue weighted by molar-refractivity contribution is -0.176. The number of rotatable bonds is 25. The van der Waals surface area contributed by atoms with E-state index in [1.807, 2.05) is 18.2 Å². The maximum atomic E-state index is 6.97. The third-order valence-electron chi connectivity index (χ3n) is 12.7. The third kappa shape index (κ3) is 13.3. The molecule has 6 nitrogen and oxygen atoms in total. The average molecular weight is 817 g/mol. The van der Waals surface area contributed by atoms with Crippen molar-refractivity contribution in [1.82, 2.24) is 0 Å². The van der Waals surface area contributed by atoms with E-state index in [9.17, 15) is 0 Å². The molecule has 0 aromatic heterocycles. The molecule has 0 saturated carbocycles. The second-order valence-corrected chi connectivity index (χ2v) is 19.1. The minimum absolute atomic E-state index is 0.0414. The Hall–Kier alpha value is -2.89. The summed E-state index contributed by atoms with van der Waals surface area (Å²) in [4.78, 5) is 0. The van der Waals surface area contributed by atoms with Gasteiger partial charge in [-0.15, -0.1) is 0 Å². The Kier molecular flexibility index (Phi) is 19.6. The van der Waals surface area contributed by atoms with Gasteiger partial charge < -0.3 is 28.0 Å². The summed E-state index contributed by atoms with van der Waals surface area (Å²) < 4.78 is 41.3. The van der Waals surface area contributed by atoms with Gasteiger partial charge >= 0.3 is 8.38 Å². The van der Waals surface area contributed by atoms with Crippen LogP contribution in [0.4, 0.5) is 0 Å². The van der Waals surface area contributed by atoms with Gasteiger partial charge in [0.05, 0.1) is 18.8 Å². The fourth-order valence-electron chi connectivity index (χ4n) is 7.66. The average Bonchev–Trinajstić information content (AvgIpc) is 3.24. The van der Waals surface area contributed by atoms with Gasteiger partial charge in [-0.25, -0.2) is 0 Å². The summed E-state index contributed by atoms with van der Waals surface area (Å²) in [6, 6.07) is 25.1. The normalized spacial score (nSPS) is 20.0. The van der Waals surface area contributed by atoms with Crippen LogP contribution in [0.2, 0.25) is 0 Å². The first kappa shape index (κ1) is 47.8. The van der Waals surface area contributed by atoms with Crippen molar-refractivity contribution in [1.29, 1.82) is 0 Å². The molecule has 7 heteroatoms. The Morgan fingerprint density at radius 3 is 1.64 bits per heavy atom. The van der Waals surface area contributed by atoms with E-state index in [1.165, 1.54) is 16.7 Å². The summed E-state index contributed by atoms with van der Waals surface area (Å²) in [6.07, 6.45) is 11.1. The molecule has 0 saturated heterocycles. The summed E-state index contributed by atoms with van der Waals surface area (Å²) in [6.45, 7) is 27.4.